The summed E-state index contributed by atoms with van der Waals surface area (Å²) < 4.78 is 22.7. The highest BCUT2D eigenvalue weighted by Crippen LogP contribution is 2.52. The zero-order valence-electron chi connectivity index (χ0n) is 17.1. The molecule has 0 radical (unpaired) electrons. The summed E-state index contributed by atoms with van der Waals surface area (Å²) in [6.07, 6.45) is 0.281. The number of benzene rings is 2. The second-order valence-corrected chi connectivity index (χ2v) is 7.81. The topological polar surface area (TPSA) is 57.2 Å². The third kappa shape index (κ3) is 2.71. The fourth-order valence-electron chi connectivity index (χ4n) is 4.88. The summed E-state index contributed by atoms with van der Waals surface area (Å²) in [7, 11) is 8.77. The van der Waals surface area contributed by atoms with Gasteiger partial charge in [-0.3, -0.25) is 0 Å². The molecule has 0 saturated heterocycles. The van der Waals surface area contributed by atoms with E-state index in [0.29, 0.717) is 17.2 Å². The summed E-state index contributed by atoms with van der Waals surface area (Å²) in [5, 5.41) is 11.5. The molecule has 6 heteroatoms. The summed E-state index contributed by atoms with van der Waals surface area (Å²) in [6.45, 7) is 1.77. The van der Waals surface area contributed by atoms with Crippen molar-refractivity contribution in [2.24, 2.45) is 0 Å². The summed E-state index contributed by atoms with van der Waals surface area (Å²) in [5.41, 5.74) is 4.34. The van der Waals surface area contributed by atoms with E-state index in [1.807, 2.05) is 18.2 Å². The van der Waals surface area contributed by atoms with E-state index in [1.165, 1.54) is 5.56 Å². The van der Waals surface area contributed by atoms with Crippen LogP contribution < -0.4 is 18.9 Å². The summed E-state index contributed by atoms with van der Waals surface area (Å²) in [4.78, 5) is 0. The van der Waals surface area contributed by atoms with Crippen LogP contribution in [0.2, 0.25) is 0 Å². The first-order chi connectivity index (χ1) is 13.5. The first-order valence-corrected chi connectivity index (χ1v) is 9.47. The molecule has 0 spiro atoms. The lowest BCUT2D eigenvalue weighted by Crippen LogP contribution is -2.54. The van der Waals surface area contributed by atoms with Gasteiger partial charge in [-0.05, 0) is 35.4 Å². The van der Waals surface area contributed by atoms with Crippen molar-refractivity contribution >= 4 is 0 Å². The molecule has 2 aromatic carbocycles. The second kappa shape index (κ2) is 6.87. The number of hydrogen-bond donors (Lipinski definition) is 1. The molecule has 2 aliphatic rings. The second-order valence-electron chi connectivity index (χ2n) is 7.81. The Hall–Kier alpha value is -2.44. The molecule has 150 valence electrons. The SMILES string of the molecule is COc1cc2c(cc1OC)[C@@H](O)[C@@H]1c3cc(OC)c(OC)cc3CC[N+]1(C)C2. The number of methoxy groups -OCH3 is 4. The lowest BCUT2D eigenvalue weighted by atomic mass is 9.80. The van der Waals surface area contributed by atoms with Gasteiger partial charge in [-0.2, -0.15) is 0 Å². The normalized spacial score (nSPS) is 25.2. The van der Waals surface area contributed by atoms with Crippen molar-refractivity contribution in [3.63, 3.8) is 0 Å². The molecule has 2 heterocycles. The maximum atomic E-state index is 11.5. The number of quaternary nitrogens is 1. The predicted octanol–water partition coefficient (Wildman–Crippen LogP) is 3.01. The van der Waals surface area contributed by atoms with Gasteiger partial charge in [0.15, 0.2) is 23.0 Å². The molecular formula is C22H28NO5+. The molecule has 0 bridgehead atoms. The van der Waals surface area contributed by atoms with Crippen LogP contribution in [0.15, 0.2) is 24.3 Å². The highest BCUT2D eigenvalue weighted by molar-refractivity contribution is 5.52. The van der Waals surface area contributed by atoms with Crippen LogP contribution in [0, 0.1) is 0 Å². The van der Waals surface area contributed by atoms with Crippen LogP contribution in [0.5, 0.6) is 23.0 Å². The number of hydrogen-bond acceptors (Lipinski definition) is 5. The molecule has 6 nitrogen and oxygen atoms in total. The van der Waals surface area contributed by atoms with Gasteiger partial charge >= 0.3 is 0 Å². The van der Waals surface area contributed by atoms with Crippen LogP contribution in [0.4, 0.5) is 0 Å². The Kier molecular flexibility index (Phi) is 4.63. The average molecular weight is 386 g/mol. The van der Waals surface area contributed by atoms with E-state index in [-0.39, 0.29) is 6.04 Å². The smallest absolute Gasteiger partial charge is 0.161 e. The van der Waals surface area contributed by atoms with Crippen LogP contribution in [0.3, 0.4) is 0 Å². The molecule has 2 aromatic rings. The number of rotatable bonds is 4. The van der Waals surface area contributed by atoms with Gasteiger partial charge < -0.3 is 28.5 Å². The Labute approximate surface area is 165 Å². The molecule has 3 atom stereocenters. The molecule has 0 fully saturated rings. The summed E-state index contributed by atoms with van der Waals surface area (Å²) >= 11 is 0. The number of ether oxygens (including phenoxy) is 4. The van der Waals surface area contributed by atoms with Crippen LogP contribution in [0.1, 0.15) is 34.4 Å². The third-order valence-electron chi connectivity index (χ3n) is 6.32. The minimum Gasteiger partial charge on any atom is -0.493 e. The van der Waals surface area contributed by atoms with Gasteiger partial charge in [-0.15, -0.1) is 0 Å². The van der Waals surface area contributed by atoms with Crippen LogP contribution in [-0.4, -0.2) is 51.6 Å². The van der Waals surface area contributed by atoms with Crippen molar-refractivity contribution in [1.29, 1.82) is 0 Å². The molecule has 0 amide bonds. The molecule has 28 heavy (non-hydrogen) atoms. The molecule has 0 saturated carbocycles. The van der Waals surface area contributed by atoms with Gasteiger partial charge in [0, 0.05) is 17.5 Å². The molecule has 0 aliphatic carbocycles. The largest absolute Gasteiger partial charge is 0.493 e. The minimum atomic E-state index is -0.647. The van der Waals surface area contributed by atoms with Crippen molar-refractivity contribution in [2.45, 2.75) is 25.1 Å². The average Bonchev–Trinajstić information content (AvgIpc) is 2.71. The standard InChI is InChI=1S/C22H28NO5/c1-23-7-6-13-8-17(25-2)19(27-4)10-15(13)21(23)22(24)16-11-20(28-5)18(26-3)9-14(16)12-23/h8-11,21-22,24H,6-7,12H2,1-5H3/q+1/t21-,22+,23?/m0/s1. The molecule has 1 N–H and O–H groups in total. The van der Waals surface area contributed by atoms with Crippen molar-refractivity contribution < 1.29 is 28.5 Å². The van der Waals surface area contributed by atoms with E-state index >= 15 is 0 Å². The highest BCUT2D eigenvalue weighted by atomic mass is 16.5. The number of nitrogens with zero attached hydrogens (tertiary/aromatic N) is 1. The maximum absolute atomic E-state index is 11.5. The maximum Gasteiger partial charge on any atom is 0.161 e. The van der Waals surface area contributed by atoms with Gasteiger partial charge in [-0.1, -0.05) is 0 Å². The third-order valence-corrected chi connectivity index (χ3v) is 6.32. The lowest BCUT2D eigenvalue weighted by Gasteiger charge is -2.50. The van der Waals surface area contributed by atoms with E-state index in [4.69, 9.17) is 18.9 Å². The van der Waals surface area contributed by atoms with Crippen molar-refractivity contribution in [3.05, 3.63) is 46.5 Å². The van der Waals surface area contributed by atoms with Gasteiger partial charge in [0.2, 0.25) is 0 Å². The number of likely N-dealkylation sites (N-methyl/N-ethyl adjacent to an activating group) is 1. The Bertz CT molecular complexity index is 912. The van der Waals surface area contributed by atoms with Crippen molar-refractivity contribution in [1.82, 2.24) is 0 Å². The molecule has 0 aromatic heterocycles. The molecule has 4 rings (SSSR count). The van der Waals surface area contributed by atoms with Crippen LogP contribution in [0.25, 0.3) is 0 Å². The van der Waals surface area contributed by atoms with E-state index in [2.05, 4.69) is 13.1 Å². The molecular weight excluding hydrogens is 358 g/mol. The minimum absolute atomic E-state index is 0.0749. The fraction of sp³-hybridized carbons (Fsp3) is 0.455. The number of aliphatic hydroxyl groups excluding tert-OH is 1. The Balaban J connectivity index is 1.87. The van der Waals surface area contributed by atoms with Gasteiger partial charge in [-0.25, -0.2) is 0 Å². The molecule has 1 unspecified atom stereocenters. The van der Waals surface area contributed by atoms with Crippen LogP contribution >= 0.6 is 0 Å². The molecule has 2 aliphatic heterocycles. The van der Waals surface area contributed by atoms with E-state index < -0.39 is 6.10 Å². The Morgan fingerprint density at radius 3 is 1.86 bits per heavy atom. The van der Waals surface area contributed by atoms with E-state index in [9.17, 15) is 5.11 Å². The number of aliphatic hydroxyl groups is 1. The monoisotopic (exact) mass is 386 g/mol. The van der Waals surface area contributed by atoms with Crippen molar-refractivity contribution in [3.8, 4) is 23.0 Å². The highest BCUT2D eigenvalue weighted by Gasteiger charge is 2.49. The van der Waals surface area contributed by atoms with Crippen molar-refractivity contribution in [2.75, 3.05) is 42.0 Å². The predicted molar refractivity (Wildman–Crippen MR) is 105 cm³/mol. The summed E-state index contributed by atoms with van der Waals surface area (Å²) in [5.74, 6) is 2.76. The Morgan fingerprint density at radius 1 is 0.786 bits per heavy atom. The fourth-order valence-corrected chi connectivity index (χ4v) is 4.88. The zero-order chi connectivity index (χ0) is 20.1. The number of fused-ring (bicyclic) bond motifs is 4. The van der Waals surface area contributed by atoms with E-state index in [0.717, 1.165) is 46.4 Å². The van der Waals surface area contributed by atoms with Gasteiger partial charge in [0.1, 0.15) is 18.7 Å². The van der Waals surface area contributed by atoms with Crippen LogP contribution in [-0.2, 0) is 13.0 Å². The first-order valence-electron chi connectivity index (χ1n) is 9.47. The van der Waals surface area contributed by atoms with Gasteiger partial charge in [0.05, 0.1) is 42.0 Å². The van der Waals surface area contributed by atoms with E-state index in [1.54, 1.807) is 28.4 Å². The quantitative estimate of drug-likeness (QED) is 0.819. The first kappa shape index (κ1) is 18.9. The Morgan fingerprint density at radius 2 is 1.29 bits per heavy atom. The van der Waals surface area contributed by atoms with Gasteiger partial charge in [0.25, 0.3) is 0 Å². The zero-order valence-corrected chi connectivity index (χ0v) is 17.1. The summed E-state index contributed by atoms with van der Waals surface area (Å²) in [6, 6.07) is 7.92. The lowest BCUT2D eigenvalue weighted by molar-refractivity contribution is -0.960.